The van der Waals surface area contributed by atoms with Crippen LogP contribution in [0.2, 0.25) is 0 Å². The predicted octanol–water partition coefficient (Wildman–Crippen LogP) is 0.843. The van der Waals surface area contributed by atoms with Crippen LogP contribution in [-0.2, 0) is 42.3 Å². The molecule has 91 valence electrons. The van der Waals surface area contributed by atoms with Crippen molar-refractivity contribution in [3.8, 4) is 0 Å². The maximum Gasteiger partial charge on any atom is 0.247 e. The minimum Gasteiger partial charge on any atom is -0.666 e. The van der Waals surface area contributed by atoms with Gasteiger partial charge in [-0.05, 0) is 19.5 Å². The Morgan fingerprint density at radius 2 is 2.24 bits per heavy atom. The van der Waals surface area contributed by atoms with Crippen LogP contribution in [0.25, 0.3) is 5.73 Å². The first kappa shape index (κ1) is 16.5. The van der Waals surface area contributed by atoms with E-state index in [0.717, 1.165) is 5.57 Å². The van der Waals surface area contributed by atoms with Crippen LogP contribution >= 0.6 is 0 Å². The molecule has 2 N–H and O–H groups in total. The number of nitrogens with one attached hydrogen (secondary N) is 2. The van der Waals surface area contributed by atoms with Gasteiger partial charge in [0.2, 0.25) is 5.91 Å². The summed E-state index contributed by atoms with van der Waals surface area (Å²) in [5.41, 5.74) is 7.85. The van der Waals surface area contributed by atoms with Crippen molar-refractivity contribution < 1.29 is 42.3 Å². The molecule has 1 atom stereocenters. The van der Waals surface area contributed by atoms with E-state index in [4.69, 9.17) is 5.73 Å². The maximum absolute atomic E-state index is 11.9. The summed E-state index contributed by atoms with van der Waals surface area (Å²) in [6.07, 6.45) is 5.13. The van der Waals surface area contributed by atoms with Crippen LogP contribution in [0.3, 0.4) is 0 Å². The predicted molar refractivity (Wildman–Crippen MR) is 61.4 cm³/mol. The first-order chi connectivity index (χ1) is 7.54. The van der Waals surface area contributed by atoms with E-state index in [0.29, 0.717) is 6.54 Å². The van der Waals surface area contributed by atoms with Crippen LogP contribution in [0.1, 0.15) is 13.8 Å². The number of hydrogen-bond donors (Lipinski definition) is 1. The maximum atomic E-state index is 11.9. The minimum absolute atomic E-state index is 0. The van der Waals surface area contributed by atoms with Gasteiger partial charge in [0.15, 0.2) is 0 Å². The number of nitrogens with zero attached hydrogens (tertiary/aromatic N) is 1. The summed E-state index contributed by atoms with van der Waals surface area (Å²) >= 11 is 0. The third-order valence-corrected chi connectivity index (χ3v) is 2.23. The summed E-state index contributed by atoms with van der Waals surface area (Å²) < 4.78 is 0. The quantitative estimate of drug-likeness (QED) is 0.836. The Bertz CT molecular complexity index is 353. The summed E-state index contributed by atoms with van der Waals surface area (Å²) in [5, 5.41) is 3.03. The van der Waals surface area contributed by atoms with Crippen molar-refractivity contribution >= 4 is 11.8 Å². The Kier molecular flexibility index (Phi) is 7.51. The second kappa shape index (κ2) is 7.74. The molecule has 5 nitrogen and oxygen atoms in total. The molecule has 0 aromatic heterocycles. The van der Waals surface area contributed by atoms with Gasteiger partial charge < -0.3 is 20.7 Å². The number of allylic oxidation sites excluding steroid dienone is 2. The van der Waals surface area contributed by atoms with Gasteiger partial charge in [-0.1, -0.05) is 18.6 Å². The van der Waals surface area contributed by atoms with Gasteiger partial charge in [0.25, 0.3) is 0 Å². The Balaban J connectivity index is 0.00000256. The van der Waals surface area contributed by atoms with E-state index >= 15 is 0 Å². The second-order valence-electron chi connectivity index (χ2n) is 3.65. The van der Waals surface area contributed by atoms with Crippen LogP contribution in [0, 0.1) is 0 Å². The molecule has 0 bridgehead atoms. The molecule has 0 aliphatic carbocycles. The molecule has 0 aromatic carbocycles. The Morgan fingerprint density at radius 3 is 2.76 bits per heavy atom. The molecular formula is C11H16N3O2Y-. The molecule has 0 saturated carbocycles. The zero-order chi connectivity index (χ0) is 12.1. The molecule has 1 aliphatic heterocycles. The van der Waals surface area contributed by atoms with E-state index in [1.165, 1.54) is 4.90 Å². The number of likely N-dealkylation sites (N-methyl/N-ethyl adjacent to an activating group) is 1. The van der Waals surface area contributed by atoms with Gasteiger partial charge in [0.05, 0.1) is 12.5 Å². The molecule has 6 heteroatoms. The first-order valence-electron chi connectivity index (χ1n) is 5.19. The fourth-order valence-corrected chi connectivity index (χ4v) is 1.50. The SMILES string of the molecule is CCNC1C=C(C)C=CN(CC([NH-])=O)C1=O.[Y]. The molecule has 1 unspecified atom stereocenters. The average molecular weight is 311 g/mol. The Labute approximate surface area is 126 Å². The van der Waals surface area contributed by atoms with Crippen molar-refractivity contribution in [1.29, 1.82) is 0 Å². The number of hydrogen-bond acceptors (Lipinski definition) is 3. The first-order valence-corrected chi connectivity index (χ1v) is 5.19. The molecule has 1 rings (SSSR count). The minimum atomic E-state index is -0.771. The van der Waals surface area contributed by atoms with Crippen LogP contribution in [0.4, 0.5) is 0 Å². The summed E-state index contributed by atoms with van der Waals surface area (Å²) in [6.45, 7) is 4.27. The monoisotopic (exact) mass is 311 g/mol. The summed E-state index contributed by atoms with van der Waals surface area (Å²) in [6, 6.07) is -0.417. The molecule has 0 aromatic rings. The fourth-order valence-electron chi connectivity index (χ4n) is 1.50. The zero-order valence-electron chi connectivity index (χ0n) is 10.1. The van der Waals surface area contributed by atoms with E-state index in [1.54, 1.807) is 12.3 Å². The van der Waals surface area contributed by atoms with E-state index in [1.807, 2.05) is 19.9 Å². The summed E-state index contributed by atoms with van der Waals surface area (Å²) in [7, 11) is 0. The zero-order valence-corrected chi connectivity index (χ0v) is 12.9. The van der Waals surface area contributed by atoms with Crippen molar-refractivity contribution in [3.63, 3.8) is 0 Å². The van der Waals surface area contributed by atoms with Crippen LogP contribution in [-0.4, -0.2) is 35.8 Å². The molecule has 1 aliphatic rings. The van der Waals surface area contributed by atoms with Gasteiger partial charge in [-0.15, -0.1) is 0 Å². The van der Waals surface area contributed by atoms with Gasteiger partial charge in [0, 0.05) is 38.9 Å². The van der Waals surface area contributed by atoms with Gasteiger partial charge >= 0.3 is 0 Å². The average Bonchev–Trinajstić information content (AvgIpc) is 2.32. The van der Waals surface area contributed by atoms with Gasteiger partial charge in [-0.25, -0.2) is 0 Å². The summed E-state index contributed by atoms with van der Waals surface area (Å²) in [4.78, 5) is 23.9. The molecular weight excluding hydrogens is 295 g/mol. The van der Waals surface area contributed by atoms with E-state index in [9.17, 15) is 9.59 Å². The van der Waals surface area contributed by atoms with Gasteiger partial charge in [-0.2, -0.15) is 0 Å². The van der Waals surface area contributed by atoms with Crippen LogP contribution < -0.4 is 5.32 Å². The van der Waals surface area contributed by atoms with E-state index in [-0.39, 0.29) is 45.2 Å². The summed E-state index contributed by atoms with van der Waals surface area (Å²) in [5.74, 6) is -0.969. The molecule has 1 radical (unpaired) electrons. The van der Waals surface area contributed by atoms with Gasteiger partial charge in [-0.3, -0.25) is 4.79 Å². The Morgan fingerprint density at radius 1 is 1.59 bits per heavy atom. The molecule has 2 amide bonds. The fraction of sp³-hybridized carbons (Fsp3) is 0.455. The largest absolute Gasteiger partial charge is 0.666 e. The van der Waals surface area contributed by atoms with Crippen molar-refractivity contribution in [3.05, 3.63) is 29.7 Å². The van der Waals surface area contributed by atoms with Crippen molar-refractivity contribution in [1.82, 2.24) is 10.2 Å². The smallest absolute Gasteiger partial charge is 0.247 e. The third kappa shape index (κ3) is 5.10. The second-order valence-corrected chi connectivity index (χ2v) is 3.65. The third-order valence-electron chi connectivity index (χ3n) is 2.23. The standard InChI is InChI=1S/C11H17N3O2.Y/c1-3-13-9-6-8(2)4-5-14(11(9)16)7-10(12)15;/h4-6,9,13H,3,7H2,1-2H3,(H2,12,15);/p-1. The molecule has 17 heavy (non-hydrogen) atoms. The van der Waals surface area contributed by atoms with Crippen LogP contribution in [0.5, 0.6) is 0 Å². The number of amides is 2. The topological polar surface area (TPSA) is 73.2 Å². The Hall–Kier alpha value is -0.516. The normalized spacial score (nSPS) is 19.4. The molecule has 0 saturated heterocycles. The molecule has 0 spiro atoms. The van der Waals surface area contributed by atoms with E-state index < -0.39 is 11.9 Å². The van der Waals surface area contributed by atoms with Gasteiger partial charge in [0.1, 0.15) is 6.04 Å². The number of carbonyl (C=O) groups excluding carboxylic acids is 2. The van der Waals surface area contributed by atoms with E-state index in [2.05, 4.69) is 5.32 Å². The number of rotatable bonds is 4. The van der Waals surface area contributed by atoms with Crippen molar-refractivity contribution in [2.24, 2.45) is 0 Å². The molecule has 0 fully saturated rings. The van der Waals surface area contributed by atoms with Crippen molar-refractivity contribution in [2.45, 2.75) is 19.9 Å². The van der Waals surface area contributed by atoms with Crippen molar-refractivity contribution in [2.75, 3.05) is 13.1 Å². The number of carbonyl (C=O) groups is 2. The van der Waals surface area contributed by atoms with Crippen LogP contribution in [0.15, 0.2) is 23.9 Å². The molecule has 1 heterocycles.